The first-order valence-electron chi connectivity index (χ1n) is 10.3. The Bertz CT molecular complexity index is 1250. The van der Waals surface area contributed by atoms with Crippen molar-refractivity contribution >= 4 is 32.4 Å². The average Bonchev–Trinajstić information content (AvgIpc) is 3.52. The molecule has 2 aliphatic heterocycles. The van der Waals surface area contributed by atoms with Gasteiger partial charge in [-0.2, -0.15) is 4.31 Å². The van der Waals surface area contributed by atoms with Gasteiger partial charge in [-0.15, -0.1) is 11.3 Å². The number of benzene rings is 2. The summed E-state index contributed by atoms with van der Waals surface area (Å²) in [4.78, 5) is 17.3. The Balaban J connectivity index is 1.28. The summed E-state index contributed by atoms with van der Waals surface area (Å²) < 4.78 is 37.9. The van der Waals surface area contributed by atoms with Crippen molar-refractivity contribution < 1.29 is 22.7 Å². The molecule has 0 unspecified atom stereocenters. The van der Waals surface area contributed by atoms with E-state index in [9.17, 15) is 13.2 Å². The minimum absolute atomic E-state index is 0.200. The Hall–Kier alpha value is -2.95. The van der Waals surface area contributed by atoms with E-state index in [-0.39, 0.29) is 10.8 Å². The van der Waals surface area contributed by atoms with Crippen molar-refractivity contribution in [3.8, 4) is 22.8 Å². The van der Waals surface area contributed by atoms with Crippen LogP contribution in [0.1, 0.15) is 23.2 Å². The number of amides is 1. The lowest BCUT2D eigenvalue weighted by Gasteiger charge is -2.18. The summed E-state index contributed by atoms with van der Waals surface area (Å²) in [5, 5.41) is 5.08. The van der Waals surface area contributed by atoms with Crippen LogP contribution in [0.15, 0.2) is 52.7 Å². The number of hydrogen-bond donors (Lipinski definition) is 1. The standard InChI is InChI=1S/C22H21N3O5S2/c26-21(15-3-6-17(7-4-15)32(27,28)25-9-1-2-10-25)24-22-23-18(14-31-22)16-5-8-19-20(13-16)30-12-11-29-19/h3-8,13-14H,1-2,9-12H2,(H,23,24,26). The molecule has 0 aliphatic carbocycles. The Morgan fingerprint density at radius 2 is 1.72 bits per heavy atom. The predicted octanol–water partition coefficient (Wildman–Crippen LogP) is 3.62. The molecule has 2 aromatic carbocycles. The SMILES string of the molecule is O=C(Nc1nc(-c2ccc3c(c2)OCCO3)cs1)c1ccc(S(=O)(=O)N2CCCC2)cc1. The molecule has 32 heavy (non-hydrogen) atoms. The van der Waals surface area contributed by atoms with Crippen molar-refractivity contribution in [2.75, 3.05) is 31.6 Å². The first-order valence-corrected chi connectivity index (χ1v) is 12.6. The molecule has 0 bridgehead atoms. The van der Waals surface area contributed by atoms with Crippen LogP contribution >= 0.6 is 11.3 Å². The number of nitrogens with one attached hydrogen (secondary N) is 1. The largest absolute Gasteiger partial charge is 0.486 e. The second-order valence-corrected chi connectivity index (χ2v) is 10.3. The van der Waals surface area contributed by atoms with Crippen molar-refractivity contribution in [3.05, 3.63) is 53.4 Å². The molecule has 3 aromatic rings. The summed E-state index contributed by atoms with van der Waals surface area (Å²) in [5.41, 5.74) is 1.94. The summed E-state index contributed by atoms with van der Waals surface area (Å²) in [7, 11) is -3.50. The predicted molar refractivity (Wildman–Crippen MR) is 121 cm³/mol. The van der Waals surface area contributed by atoms with Gasteiger partial charge in [0.25, 0.3) is 5.91 Å². The molecule has 10 heteroatoms. The van der Waals surface area contributed by atoms with Gasteiger partial charge in [-0.1, -0.05) is 0 Å². The van der Waals surface area contributed by atoms with Crippen LogP contribution in [0.25, 0.3) is 11.3 Å². The molecule has 1 aromatic heterocycles. The van der Waals surface area contributed by atoms with Crippen LogP contribution in [-0.4, -0.2) is 49.9 Å². The highest BCUT2D eigenvalue weighted by atomic mass is 32.2. The smallest absolute Gasteiger partial charge is 0.257 e. The van der Waals surface area contributed by atoms with Crippen molar-refractivity contribution in [3.63, 3.8) is 0 Å². The van der Waals surface area contributed by atoms with Crippen molar-refractivity contribution in [2.24, 2.45) is 0 Å². The van der Waals surface area contributed by atoms with Crippen LogP contribution in [-0.2, 0) is 10.0 Å². The number of ether oxygens (including phenoxy) is 2. The van der Waals surface area contributed by atoms with Crippen molar-refractivity contribution in [1.29, 1.82) is 0 Å². The number of aromatic nitrogens is 1. The molecule has 1 amide bonds. The number of nitrogens with zero attached hydrogens (tertiary/aromatic N) is 2. The minimum atomic E-state index is -3.50. The van der Waals surface area contributed by atoms with Gasteiger partial charge in [-0.3, -0.25) is 10.1 Å². The molecule has 0 atom stereocenters. The summed E-state index contributed by atoms with van der Waals surface area (Å²) in [6, 6.07) is 11.6. The molecule has 1 fully saturated rings. The summed E-state index contributed by atoms with van der Waals surface area (Å²) in [5.74, 6) is 1.04. The van der Waals surface area contributed by atoms with Gasteiger partial charge in [-0.25, -0.2) is 13.4 Å². The molecule has 166 valence electrons. The van der Waals surface area contributed by atoms with E-state index in [1.54, 1.807) is 0 Å². The fourth-order valence-electron chi connectivity index (χ4n) is 3.69. The van der Waals surface area contributed by atoms with E-state index in [0.29, 0.717) is 54.2 Å². The van der Waals surface area contributed by atoms with E-state index < -0.39 is 10.0 Å². The zero-order valence-electron chi connectivity index (χ0n) is 17.1. The number of hydrogen-bond acceptors (Lipinski definition) is 7. The maximum Gasteiger partial charge on any atom is 0.257 e. The van der Waals surface area contributed by atoms with Gasteiger partial charge in [-0.05, 0) is 55.3 Å². The molecule has 1 saturated heterocycles. The molecule has 5 rings (SSSR count). The average molecular weight is 472 g/mol. The van der Waals surface area contributed by atoms with Crippen LogP contribution in [0, 0.1) is 0 Å². The van der Waals surface area contributed by atoms with Crippen LogP contribution in [0.4, 0.5) is 5.13 Å². The molecule has 0 spiro atoms. The molecule has 8 nitrogen and oxygen atoms in total. The Morgan fingerprint density at radius 1 is 1.00 bits per heavy atom. The molecule has 0 radical (unpaired) electrons. The van der Waals surface area contributed by atoms with Gasteiger partial charge >= 0.3 is 0 Å². The van der Waals surface area contributed by atoms with Crippen molar-refractivity contribution in [1.82, 2.24) is 9.29 Å². The lowest BCUT2D eigenvalue weighted by molar-refractivity contribution is 0.102. The second-order valence-electron chi connectivity index (χ2n) is 7.49. The number of anilines is 1. The van der Waals surface area contributed by atoms with E-state index >= 15 is 0 Å². The minimum Gasteiger partial charge on any atom is -0.486 e. The number of thiazole rings is 1. The number of carbonyl (C=O) groups is 1. The second kappa shape index (κ2) is 8.53. The molecule has 0 saturated carbocycles. The van der Waals surface area contributed by atoms with Gasteiger partial charge in [0.15, 0.2) is 16.6 Å². The van der Waals surface area contributed by atoms with E-state index in [4.69, 9.17) is 9.47 Å². The quantitative estimate of drug-likeness (QED) is 0.610. The maximum atomic E-state index is 12.6. The van der Waals surface area contributed by atoms with Gasteiger partial charge < -0.3 is 9.47 Å². The first kappa shape index (κ1) is 20.9. The van der Waals surface area contributed by atoms with Crippen molar-refractivity contribution in [2.45, 2.75) is 17.7 Å². The number of rotatable bonds is 5. The molecule has 1 N–H and O–H groups in total. The highest BCUT2D eigenvalue weighted by Gasteiger charge is 2.27. The van der Waals surface area contributed by atoms with Crippen LogP contribution in [0.2, 0.25) is 0 Å². The van der Waals surface area contributed by atoms with Gasteiger partial charge in [0.05, 0.1) is 10.6 Å². The molecular formula is C22H21N3O5S2. The summed E-state index contributed by atoms with van der Waals surface area (Å²) in [6.07, 6.45) is 1.75. The zero-order chi connectivity index (χ0) is 22.1. The van der Waals surface area contributed by atoms with Gasteiger partial charge in [0.2, 0.25) is 10.0 Å². The Morgan fingerprint density at radius 3 is 2.47 bits per heavy atom. The first-order chi connectivity index (χ1) is 15.5. The maximum absolute atomic E-state index is 12.6. The topological polar surface area (TPSA) is 97.8 Å². The number of fused-ring (bicyclic) bond motifs is 1. The van der Waals surface area contributed by atoms with Crippen LogP contribution < -0.4 is 14.8 Å². The Labute approximate surface area is 189 Å². The van der Waals surface area contributed by atoms with E-state index in [1.165, 1.54) is 39.9 Å². The third-order valence-corrected chi connectivity index (χ3v) is 8.05. The normalized spacial score (nSPS) is 16.1. The Kier molecular flexibility index (Phi) is 5.58. The summed E-state index contributed by atoms with van der Waals surface area (Å²) in [6.45, 7) is 2.12. The fourth-order valence-corrected chi connectivity index (χ4v) is 5.92. The number of sulfonamides is 1. The zero-order valence-corrected chi connectivity index (χ0v) is 18.7. The van der Waals surface area contributed by atoms with Gasteiger partial charge in [0.1, 0.15) is 13.2 Å². The highest BCUT2D eigenvalue weighted by Crippen LogP contribution is 2.35. The molecule has 2 aliphatic rings. The lowest BCUT2D eigenvalue weighted by atomic mass is 10.1. The third-order valence-electron chi connectivity index (χ3n) is 5.38. The summed E-state index contributed by atoms with van der Waals surface area (Å²) >= 11 is 1.31. The van der Waals surface area contributed by atoms with Crippen LogP contribution in [0.3, 0.4) is 0 Å². The lowest BCUT2D eigenvalue weighted by Crippen LogP contribution is -2.27. The third kappa shape index (κ3) is 4.08. The number of carbonyl (C=O) groups excluding carboxylic acids is 1. The van der Waals surface area contributed by atoms with E-state index in [2.05, 4.69) is 10.3 Å². The van der Waals surface area contributed by atoms with E-state index in [1.807, 2.05) is 23.6 Å². The van der Waals surface area contributed by atoms with Crippen LogP contribution in [0.5, 0.6) is 11.5 Å². The fraction of sp³-hybridized carbons (Fsp3) is 0.273. The molecule has 3 heterocycles. The monoisotopic (exact) mass is 471 g/mol. The van der Waals surface area contributed by atoms with E-state index in [0.717, 1.165) is 18.4 Å². The molecular weight excluding hydrogens is 450 g/mol. The highest BCUT2D eigenvalue weighted by molar-refractivity contribution is 7.89. The van der Waals surface area contributed by atoms with Gasteiger partial charge in [0, 0.05) is 29.6 Å².